The molecule has 6 heteroatoms. The number of aromatic nitrogens is 1. The van der Waals surface area contributed by atoms with E-state index >= 15 is 0 Å². The number of anilines is 1. The first-order valence-electron chi connectivity index (χ1n) is 10.2. The molecule has 1 aliphatic heterocycles. The SMILES string of the molecule is CC1CCCCC1OCCNC(=O)C1CCN(c2ccc(C#N)cn2)CC1. The lowest BCUT2D eigenvalue weighted by atomic mass is 9.88. The first-order chi connectivity index (χ1) is 13.2. The Kier molecular flexibility index (Phi) is 7.05. The number of nitrogens with one attached hydrogen (secondary N) is 1. The molecule has 1 aromatic rings. The number of amides is 1. The topological polar surface area (TPSA) is 78.2 Å². The third-order valence-corrected chi connectivity index (χ3v) is 5.83. The van der Waals surface area contributed by atoms with Crippen LogP contribution in [0.3, 0.4) is 0 Å². The predicted molar refractivity (Wildman–Crippen MR) is 104 cm³/mol. The van der Waals surface area contributed by atoms with E-state index in [9.17, 15) is 4.79 Å². The largest absolute Gasteiger partial charge is 0.376 e. The maximum Gasteiger partial charge on any atom is 0.223 e. The summed E-state index contributed by atoms with van der Waals surface area (Å²) in [6.07, 6.45) is 8.59. The molecule has 27 heavy (non-hydrogen) atoms. The van der Waals surface area contributed by atoms with Gasteiger partial charge >= 0.3 is 0 Å². The van der Waals surface area contributed by atoms with Gasteiger partial charge in [-0.05, 0) is 43.7 Å². The molecule has 0 bridgehead atoms. The molecule has 1 saturated heterocycles. The van der Waals surface area contributed by atoms with Crippen molar-refractivity contribution in [1.82, 2.24) is 10.3 Å². The molecule has 0 aromatic carbocycles. The molecule has 0 spiro atoms. The average molecular weight is 370 g/mol. The van der Waals surface area contributed by atoms with Crippen LogP contribution in [0.1, 0.15) is 51.0 Å². The molecule has 2 fully saturated rings. The van der Waals surface area contributed by atoms with Crippen molar-refractivity contribution in [2.24, 2.45) is 11.8 Å². The van der Waals surface area contributed by atoms with Gasteiger partial charge in [-0.15, -0.1) is 0 Å². The van der Waals surface area contributed by atoms with Gasteiger partial charge in [-0.1, -0.05) is 19.8 Å². The third kappa shape index (κ3) is 5.43. The number of rotatable bonds is 6. The molecule has 1 aromatic heterocycles. The van der Waals surface area contributed by atoms with Gasteiger partial charge in [0, 0.05) is 31.7 Å². The van der Waals surface area contributed by atoms with Gasteiger partial charge < -0.3 is 15.0 Å². The summed E-state index contributed by atoms with van der Waals surface area (Å²) in [7, 11) is 0. The summed E-state index contributed by atoms with van der Waals surface area (Å²) < 4.78 is 5.97. The Labute approximate surface area is 161 Å². The molecule has 146 valence electrons. The van der Waals surface area contributed by atoms with E-state index < -0.39 is 0 Å². The predicted octanol–water partition coefficient (Wildman–Crippen LogP) is 2.88. The van der Waals surface area contributed by atoms with E-state index in [0.717, 1.165) is 38.2 Å². The van der Waals surface area contributed by atoms with Crippen LogP contribution in [0, 0.1) is 23.2 Å². The van der Waals surface area contributed by atoms with Gasteiger partial charge in [0.05, 0.1) is 18.3 Å². The molecular formula is C21H30N4O2. The van der Waals surface area contributed by atoms with Crippen LogP contribution in [0.25, 0.3) is 0 Å². The number of pyridine rings is 1. The Morgan fingerprint density at radius 3 is 2.74 bits per heavy atom. The highest BCUT2D eigenvalue weighted by Gasteiger charge is 2.26. The van der Waals surface area contributed by atoms with Gasteiger partial charge in [-0.25, -0.2) is 4.98 Å². The monoisotopic (exact) mass is 370 g/mol. The van der Waals surface area contributed by atoms with E-state index in [2.05, 4.69) is 28.2 Å². The summed E-state index contributed by atoms with van der Waals surface area (Å²) in [6, 6.07) is 5.75. The summed E-state index contributed by atoms with van der Waals surface area (Å²) in [5, 5.41) is 11.9. The maximum atomic E-state index is 12.4. The zero-order valence-electron chi connectivity index (χ0n) is 16.2. The quantitative estimate of drug-likeness (QED) is 0.779. The highest BCUT2D eigenvalue weighted by Crippen LogP contribution is 2.26. The molecule has 1 saturated carbocycles. The van der Waals surface area contributed by atoms with Crippen LogP contribution in [0.5, 0.6) is 0 Å². The van der Waals surface area contributed by atoms with Gasteiger partial charge in [0.2, 0.25) is 5.91 Å². The second-order valence-electron chi connectivity index (χ2n) is 7.74. The molecule has 1 amide bonds. The Hall–Kier alpha value is -2.13. The molecule has 2 aliphatic rings. The summed E-state index contributed by atoms with van der Waals surface area (Å²) in [5.41, 5.74) is 0.567. The average Bonchev–Trinajstić information content (AvgIpc) is 2.72. The van der Waals surface area contributed by atoms with Gasteiger partial charge in [0.15, 0.2) is 0 Å². The number of hydrogen-bond acceptors (Lipinski definition) is 5. The van der Waals surface area contributed by atoms with E-state index in [-0.39, 0.29) is 11.8 Å². The number of hydrogen-bond donors (Lipinski definition) is 1. The van der Waals surface area contributed by atoms with Crippen molar-refractivity contribution >= 4 is 11.7 Å². The fourth-order valence-corrected chi connectivity index (χ4v) is 4.07. The number of piperidine rings is 1. The summed E-state index contributed by atoms with van der Waals surface area (Å²) in [5.74, 6) is 1.72. The van der Waals surface area contributed by atoms with Crippen molar-refractivity contribution in [2.45, 2.75) is 51.6 Å². The molecule has 2 atom stereocenters. The van der Waals surface area contributed by atoms with E-state index in [1.54, 1.807) is 12.3 Å². The minimum Gasteiger partial charge on any atom is -0.376 e. The van der Waals surface area contributed by atoms with Gasteiger partial charge in [-0.3, -0.25) is 4.79 Å². The minimum atomic E-state index is 0.0632. The lowest BCUT2D eigenvalue weighted by molar-refractivity contribution is -0.126. The van der Waals surface area contributed by atoms with Gasteiger partial charge in [-0.2, -0.15) is 5.26 Å². The number of nitriles is 1. The highest BCUT2D eigenvalue weighted by molar-refractivity contribution is 5.78. The van der Waals surface area contributed by atoms with Crippen LogP contribution in [0.15, 0.2) is 18.3 Å². The Morgan fingerprint density at radius 2 is 2.07 bits per heavy atom. The molecular weight excluding hydrogens is 340 g/mol. The van der Waals surface area contributed by atoms with Crippen molar-refractivity contribution in [3.8, 4) is 6.07 Å². The summed E-state index contributed by atoms with van der Waals surface area (Å²) in [6.45, 7) is 5.09. The Bertz CT molecular complexity index is 647. The van der Waals surface area contributed by atoms with E-state index in [1.807, 2.05) is 6.07 Å². The molecule has 6 nitrogen and oxygen atoms in total. The van der Waals surface area contributed by atoms with E-state index in [1.165, 1.54) is 19.3 Å². The number of nitrogens with zero attached hydrogens (tertiary/aromatic N) is 3. The second kappa shape index (κ2) is 9.70. The number of ether oxygens (including phenoxy) is 1. The first kappa shape index (κ1) is 19.6. The van der Waals surface area contributed by atoms with Crippen LogP contribution < -0.4 is 10.2 Å². The van der Waals surface area contributed by atoms with Gasteiger partial charge in [0.1, 0.15) is 11.9 Å². The zero-order valence-corrected chi connectivity index (χ0v) is 16.2. The van der Waals surface area contributed by atoms with Crippen LogP contribution in [0.2, 0.25) is 0 Å². The van der Waals surface area contributed by atoms with Gasteiger partial charge in [0.25, 0.3) is 0 Å². The van der Waals surface area contributed by atoms with Crippen LogP contribution in [0.4, 0.5) is 5.82 Å². The second-order valence-corrected chi connectivity index (χ2v) is 7.74. The Morgan fingerprint density at radius 1 is 1.30 bits per heavy atom. The van der Waals surface area contributed by atoms with Crippen LogP contribution in [-0.2, 0) is 9.53 Å². The van der Waals surface area contributed by atoms with Crippen molar-refractivity contribution in [3.63, 3.8) is 0 Å². The molecule has 2 unspecified atom stereocenters. The smallest absolute Gasteiger partial charge is 0.223 e. The zero-order chi connectivity index (χ0) is 19.1. The number of carbonyl (C=O) groups excluding carboxylic acids is 1. The lowest BCUT2D eigenvalue weighted by Crippen LogP contribution is -2.42. The standard InChI is InChI=1S/C21H30N4O2/c1-16-4-2-3-5-19(16)27-13-10-23-21(26)18-8-11-25(12-9-18)20-7-6-17(14-22)15-24-20/h6-7,15-16,18-19H,2-5,8-13H2,1H3,(H,23,26). The van der Waals surface area contributed by atoms with Crippen molar-refractivity contribution < 1.29 is 9.53 Å². The molecule has 3 rings (SSSR count). The Balaban J connectivity index is 1.35. The first-order valence-corrected chi connectivity index (χ1v) is 10.2. The fourth-order valence-electron chi connectivity index (χ4n) is 4.07. The normalized spacial score (nSPS) is 23.6. The van der Waals surface area contributed by atoms with Crippen LogP contribution >= 0.6 is 0 Å². The fraction of sp³-hybridized carbons (Fsp3) is 0.667. The van der Waals surface area contributed by atoms with Crippen LogP contribution in [-0.4, -0.2) is 43.2 Å². The molecule has 1 aliphatic carbocycles. The lowest BCUT2D eigenvalue weighted by Gasteiger charge is -2.32. The third-order valence-electron chi connectivity index (χ3n) is 5.83. The molecule has 0 radical (unpaired) electrons. The van der Waals surface area contributed by atoms with Crippen molar-refractivity contribution in [1.29, 1.82) is 5.26 Å². The highest BCUT2D eigenvalue weighted by atomic mass is 16.5. The van der Waals surface area contributed by atoms with Crippen molar-refractivity contribution in [2.75, 3.05) is 31.1 Å². The number of carbonyl (C=O) groups is 1. The van der Waals surface area contributed by atoms with Crippen molar-refractivity contribution in [3.05, 3.63) is 23.9 Å². The summed E-state index contributed by atoms with van der Waals surface area (Å²) >= 11 is 0. The minimum absolute atomic E-state index is 0.0632. The molecule has 2 heterocycles. The summed E-state index contributed by atoms with van der Waals surface area (Å²) in [4.78, 5) is 18.9. The maximum absolute atomic E-state index is 12.4. The van der Waals surface area contributed by atoms with E-state index in [4.69, 9.17) is 10.00 Å². The van der Waals surface area contributed by atoms with E-state index in [0.29, 0.717) is 30.7 Å². The molecule has 1 N–H and O–H groups in total.